The van der Waals surface area contributed by atoms with E-state index < -0.39 is 15.8 Å². The molecule has 6 nitrogen and oxygen atoms in total. The topological polar surface area (TPSA) is 66.7 Å². The van der Waals surface area contributed by atoms with E-state index in [1.807, 2.05) is 31.4 Å². The number of carbonyl (C=O) groups is 1. The number of ether oxygens (including phenoxy) is 1. The van der Waals surface area contributed by atoms with E-state index in [1.165, 1.54) is 11.4 Å². The molecule has 0 saturated carbocycles. The molecule has 2 aromatic rings. The first-order valence-corrected chi connectivity index (χ1v) is 11.8. The second-order valence-corrected chi connectivity index (χ2v) is 10.5. The molecule has 1 fully saturated rings. The molecule has 1 aliphatic heterocycles. The summed E-state index contributed by atoms with van der Waals surface area (Å²) in [6.07, 6.45) is 0.684. The van der Waals surface area contributed by atoms with Gasteiger partial charge in [0.1, 0.15) is 5.75 Å². The minimum atomic E-state index is -3.71. The molecule has 29 heavy (non-hydrogen) atoms. The molecular formula is C20H25BN2O4S2. The smallest absolute Gasteiger partial charge is 0.243 e. The number of hydrogen-bond acceptors (Lipinski definition) is 5. The number of methoxy groups -OCH3 is 1. The zero-order chi connectivity index (χ0) is 21.2. The number of benzene rings is 1. The number of hydrogen-bond donors (Lipinski definition) is 0. The number of thiophene rings is 1. The lowest BCUT2D eigenvalue weighted by Crippen LogP contribution is -2.38. The summed E-state index contributed by atoms with van der Waals surface area (Å²) in [6.45, 7) is 4.53. The Morgan fingerprint density at radius 2 is 1.93 bits per heavy atom. The predicted molar refractivity (Wildman–Crippen MR) is 115 cm³/mol. The molecule has 2 heterocycles. The highest BCUT2D eigenvalue weighted by Gasteiger charge is 2.50. The molecule has 0 bridgehead atoms. The number of amides is 1. The Hall–Kier alpha value is -1.84. The van der Waals surface area contributed by atoms with Crippen molar-refractivity contribution in [2.75, 3.05) is 20.2 Å². The Kier molecular flexibility index (Phi) is 6.70. The van der Waals surface area contributed by atoms with Gasteiger partial charge in [-0.3, -0.25) is 4.79 Å². The van der Waals surface area contributed by atoms with Gasteiger partial charge in [-0.25, -0.2) is 8.42 Å². The average Bonchev–Trinajstić information content (AvgIpc) is 3.08. The lowest BCUT2D eigenvalue weighted by molar-refractivity contribution is 0.244. The summed E-state index contributed by atoms with van der Waals surface area (Å²) < 4.78 is 33.2. The highest BCUT2D eigenvalue weighted by molar-refractivity contribution is 7.89. The van der Waals surface area contributed by atoms with Crippen LogP contribution in [-0.2, 0) is 16.4 Å². The Balaban J connectivity index is 1.81. The normalized spacial score (nSPS) is 19.0. The molecule has 1 aromatic carbocycles. The van der Waals surface area contributed by atoms with Crippen LogP contribution < -0.4 is 4.74 Å². The fourth-order valence-corrected chi connectivity index (χ4v) is 5.90. The Morgan fingerprint density at radius 1 is 1.24 bits per heavy atom. The van der Waals surface area contributed by atoms with Gasteiger partial charge in [-0.1, -0.05) is 19.9 Å². The summed E-state index contributed by atoms with van der Waals surface area (Å²) in [4.78, 5) is 14.8. The number of sulfonamides is 1. The van der Waals surface area contributed by atoms with Crippen LogP contribution in [-0.4, -0.2) is 63.6 Å². The van der Waals surface area contributed by atoms with Crippen molar-refractivity contribution < 1.29 is 17.9 Å². The van der Waals surface area contributed by atoms with Crippen LogP contribution >= 0.6 is 11.3 Å². The van der Waals surface area contributed by atoms with E-state index in [0.29, 0.717) is 18.7 Å². The van der Waals surface area contributed by atoms with E-state index in [2.05, 4.69) is 0 Å². The summed E-state index contributed by atoms with van der Waals surface area (Å²) in [7, 11) is 3.37. The molecule has 2 atom stereocenters. The third-order valence-electron chi connectivity index (χ3n) is 4.97. The third-order valence-corrected chi connectivity index (χ3v) is 7.72. The van der Waals surface area contributed by atoms with Crippen molar-refractivity contribution >= 4 is 35.0 Å². The van der Waals surface area contributed by atoms with Gasteiger partial charge in [-0.05, 0) is 41.6 Å². The molecule has 1 amide bonds. The monoisotopic (exact) mass is 432 g/mol. The number of carbonyl (C=O) groups excluding carboxylic acids is 1. The van der Waals surface area contributed by atoms with Crippen molar-refractivity contribution in [1.29, 1.82) is 0 Å². The predicted octanol–water partition coefficient (Wildman–Crippen LogP) is 2.99. The summed E-state index contributed by atoms with van der Waals surface area (Å²) in [5.74, 6) is 0.222. The molecule has 0 spiro atoms. The summed E-state index contributed by atoms with van der Waals surface area (Å²) in [6, 6.07) is 10.0. The zero-order valence-electron chi connectivity index (χ0n) is 16.8. The largest absolute Gasteiger partial charge is 0.497 e. The van der Waals surface area contributed by atoms with Gasteiger partial charge in [0.25, 0.3) is 0 Å². The summed E-state index contributed by atoms with van der Waals surface area (Å²) >= 11 is 1.62. The molecule has 2 radical (unpaired) electrons. The Morgan fingerprint density at radius 3 is 2.45 bits per heavy atom. The molecule has 0 N–H and O–H groups in total. The van der Waals surface area contributed by atoms with Gasteiger partial charge in [0.05, 0.1) is 24.1 Å². The Bertz CT molecular complexity index is 930. The molecule has 1 saturated heterocycles. The minimum Gasteiger partial charge on any atom is -0.497 e. The molecule has 0 unspecified atom stereocenters. The lowest BCUT2D eigenvalue weighted by atomic mass is 10.1. The van der Waals surface area contributed by atoms with E-state index in [0.717, 1.165) is 4.88 Å². The molecular weight excluding hydrogens is 407 g/mol. The fraction of sp³-hybridized carbons (Fsp3) is 0.450. The van der Waals surface area contributed by atoms with Crippen LogP contribution in [0.4, 0.5) is 4.79 Å². The SMILES string of the molecule is [B]C(=O)N1[C@H](Cc2cccs2)[C@H]1CN(CC(C)C)S(=O)(=O)c1ccc(OC)cc1. The van der Waals surface area contributed by atoms with Gasteiger partial charge in [0.15, 0.2) is 5.81 Å². The van der Waals surface area contributed by atoms with Gasteiger partial charge in [-0.2, -0.15) is 4.31 Å². The van der Waals surface area contributed by atoms with Crippen LogP contribution in [0.25, 0.3) is 0 Å². The average molecular weight is 432 g/mol. The second kappa shape index (κ2) is 8.89. The molecule has 0 aliphatic carbocycles. The van der Waals surface area contributed by atoms with Gasteiger partial charge in [0, 0.05) is 24.4 Å². The van der Waals surface area contributed by atoms with Gasteiger partial charge < -0.3 is 9.64 Å². The van der Waals surface area contributed by atoms with Crippen LogP contribution in [0.2, 0.25) is 0 Å². The maximum Gasteiger partial charge on any atom is 0.243 e. The molecule has 1 aliphatic rings. The maximum atomic E-state index is 13.3. The van der Waals surface area contributed by atoms with Crippen molar-refractivity contribution in [3.05, 3.63) is 46.7 Å². The fourth-order valence-electron chi connectivity index (χ4n) is 3.52. The maximum absolute atomic E-state index is 13.3. The van der Waals surface area contributed by atoms with E-state index in [-0.39, 0.29) is 29.4 Å². The van der Waals surface area contributed by atoms with Gasteiger partial charge in [0.2, 0.25) is 17.9 Å². The zero-order valence-corrected chi connectivity index (χ0v) is 18.4. The molecule has 1 aromatic heterocycles. The van der Waals surface area contributed by atoms with E-state index in [1.54, 1.807) is 40.5 Å². The van der Waals surface area contributed by atoms with Crippen LogP contribution in [0, 0.1) is 5.92 Å². The van der Waals surface area contributed by atoms with E-state index in [4.69, 9.17) is 12.6 Å². The number of rotatable bonds is 9. The lowest BCUT2D eigenvalue weighted by Gasteiger charge is -2.24. The van der Waals surface area contributed by atoms with Crippen LogP contribution in [0.5, 0.6) is 5.75 Å². The van der Waals surface area contributed by atoms with E-state index in [9.17, 15) is 13.2 Å². The third kappa shape index (κ3) is 5.02. The summed E-state index contributed by atoms with van der Waals surface area (Å²) in [5, 5.41) is 1.99. The van der Waals surface area contributed by atoms with Gasteiger partial charge in [-0.15, -0.1) is 11.3 Å². The number of nitrogens with zero attached hydrogens (tertiary/aromatic N) is 2. The highest BCUT2D eigenvalue weighted by atomic mass is 32.2. The standard InChI is InChI=1S/C20H25BN2O4S2/c1-14(2)12-22(29(25,26)17-8-6-15(27-3)7-9-17)13-19-18(23(19)20(21)24)11-16-5-4-10-28-16/h4-10,14,18-19H,11-13H2,1-3H3/t18-,19-,23?/m1/s1. The van der Waals surface area contributed by atoms with Crippen LogP contribution in [0.1, 0.15) is 18.7 Å². The molecule has 3 rings (SSSR count). The molecule has 154 valence electrons. The first-order chi connectivity index (χ1) is 13.7. The van der Waals surface area contributed by atoms with Crippen molar-refractivity contribution in [3.8, 4) is 5.75 Å². The highest BCUT2D eigenvalue weighted by Crippen LogP contribution is 2.34. The summed E-state index contributed by atoms with van der Waals surface area (Å²) in [5.41, 5.74) is 0. The van der Waals surface area contributed by atoms with Crippen LogP contribution in [0.15, 0.2) is 46.7 Å². The second-order valence-electron chi connectivity index (χ2n) is 7.56. The van der Waals surface area contributed by atoms with Crippen LogP contribution in [0.3, 0.4) is 0 Å². The van der Waals surface area contributed by atoms with Gasteiger partial charge >= 0.3 is 0 Å². The minimum absolute atomic E-state index is 0.0770. The van der Waals surface area contributed by atoms with Crippen molar-refractivity contribution in [2.24, 2.45) is 5.92 Å². The first kappa shape index (κ1) is 21.9. The van der Waals surface area contributed by atoms with Crippen molar-refractivity contribution in [2.45, 2.75) is 37.2 Å². The van der Waals surface area contributed by atoms with E-state index >= 15 is 0 Å². The quantitative estimate of drug-likeness (QED) is 0.452. The Labute approximate surface area is 177 Å². The van der Waals surface area contributed by atoms with Crippen molar-refractivity contribution in [1.82, 2.24) is 9.21 Å². The molecule has 9 heteroatoms. The first-order valence-electron chi connectivity index (χ1n) is 9.48. The van der Waals surface area contributed by atoms with Crippen molar-refractivity contribution in [3.63, 3.8) is 0 Å².